The minimum absolute atomic E-state index is 0.0550. The Morgan fingerprint density at radius 3 is 1.24 bits per heavy atom. The summed E-state index contributed by atoms with van der Waals surface area (Å²) in [6.07, 6.45) is 0. The van der Waals surface area contributed by atoms with E-state index in [1.54, 1.807) is 27.7 Å². The van der Waals surface area contributed by atoms with Crippen molar-refractivity contribution in [3.8, 4) is 0 Å². The molecule has 0 bridgehead atoms. The Bertz CT molecular complexity index is 646. The van der Waals surface area contributed by atoms with Crippen molar-refractivity contribution in [2.45, 2.75) is 39.8 Å². The smallest absolute Gasteiger partial charge is 0.317 e. The highest BCUT2D eigenvalue weighted by Crippen LogP contribution is 1.98. The van der Waals surface area contributed by atoms with Crippen LogP contribution in [0.1, 0.15) is 27.7 Å². The molecule has 0 aliphatic rings. The van der Waals surface area contributed by atoms with Crippen LogP contribution < -0.4 is 15.3 Å². The average Bonchev–Trinajstić information content (AvgIpc) is 2.60. The maximum absolute atomic E-state index is 11.9. The first-order chi connectivity index (χ1) is 15.3. The van der Waals surface area contributed by atoms with Gasteiger partial charge in [-0.1, -0.05) is 0 Å². The molecule has 0 spiro atoms. The van der Waals surface area contributed by atoms with E-state index in [0.717, 1.165) is 0 Å². The van der Waals surface area contributed by atoms with Gasteiger partial charge in [0.1, 0.15) is 0 Å². The van der Waals surface area contributed by atoms with Crippen LogP contribution in [0.4, 0.5) is 0 Å². The van der Waals surface area contributed by atoms with Crippen molar-refractivity contribution in [3.63, 3.8) is 0 Å². The van der Waals surface area contributed by atoms with Crippen molar-refractivity contribution in [3.05, 3.63) is 0 Å². The highest BCUT2D eigenvalue weighted by atomic mass is 16.4. The van der Waals surface area contributed by atoms with Crippen LogP contribution in [0.2, 0.25) is 0 Å². The topological polar surface area (TPSA) is 195 Å². The van der Waals surface area contributed by atoms with Crippen LogP contribution in [0.15, 0.2) is 9.98 Å². The molecule has 0 aromatic heterocycles. The van der Waals surface area contributed by atoms with E-state index in [4.69, 9.17) is 10.2 Å². The summed E-state index contributed by atoms with van der Waals surface area (Å²) in [6, 6.07) is -0.492. The fourth-order valence-corrected chi connectivity index (χ4v) is 2.87. The van der Waals surface area contributed by atoms with E-state index in [9.17, 15) is 29.7 Å². The number of carboxylic acid groups (broad SMARTS) is 3. The lowest BCUT2D eigenvalue weighted by Gasteiger charge is -2.31. The summed E-state index contributed by atoms with van der Waals surface area (Å²) in [6.45, 7) is 5.26. The molecular formula is C20H34N5O8-3. The maximum Gasteiger partial charge on any atom is 0.317 e. The normalized spacial score (nSPS) is 13.0. The second-order valence-corrected chi connectivity index (χ2v) is 8.09. The van der Waals surface area contributed by atoms with Crippen molar-refractivity contribution in [2.24, 2.45) is 9.98 Å². The number of carboxylic acids is 3. The average molecular weight is 473 g/mol. The van der Waals surface area contributed by atoms with Gasteiger partial charge in [0.15, 0.2) is 0 Å². The van der Waals surface area contributed by atoms with Gasteiger partial charge < -0.3 is 40.3 Å². The quantitative estimate of drug-likeness (QED) is 0.146. The summed E-state index contributed by atoms with van der Waals surface area (Å²) in [5.74, 6) is -4.66. The lowest BCUT2D eigenvalue weighted by atomic mass is 10.3. The molecule has 0 unspecified atom stereocenters. The number of rotatable bonds is 18. The molecule has 0 aliphatic carbocycles. The van der Waals surface area contributed by atoms with Gasteiger partial charge in [0.05, 0.1) is 19.1 Å². The van der Waals surface area contributed by atoms with E-state index in [0.29, 0.717) is 0 Å². The summed E-state index contributed by atoms with van der Waals surface area (Å²) < 4.78 is 0. The van der Waals surface area contributed by atoms with Gasteiger partial charge in [-0.15, -0.1) is 0 Å². The minimum Gasteiger partial charge on any atom is -0.861 e. The molecule has 2 N–H and O–H groups in total. The van der Waals surface area contributed by atoms with Gasteiger partial charge in [0.2, 0.25) is 0 Å². The number of aliphatic carboxylic acids is 3. The van der Waals surface area contributed by atoms with Crippen LogP contribution in [-0.2, 0) is 14.4 Å². The SMILES string of the molecule is CC(C)N=C([O-])CN(CCN(CCN(CC(=O)O)CC([O-])=NC(C)C)CC(=O)[O-])CC(=O)O. The molecule has 33 heavy (non-hydrogen) atoms. The Labute approximate surface area is 193 Å². The number of hydrogen-bond donors (Lipinski definition) is 2. The van der Waals surface area contributed by atoms with Crippen molar-refractivity contribution in [2.75, 3.05) is 58.9 Å². The van der Waals surface area contributed by atoms with Crippen LogP contribution in [0, 0.1) is 0 Å². The van der Waals surface area contributed by atoms with Crippen molar-refractivity contribution in [1.82, 2.24) is 14.7 Å². The van der Waals surface area contributed by atoms with Gasteiger partial charge in [0, 0.05) is 57.9 Å². The van der Waals surface area contributed by atoms with Crippen molar-refractivity contribution in [1.29, 1.82) is 0 Å². The lowest BCUT2D eigenvalue weighted by molar-refractivity contribution is -0.306. The molecular weight excluding hydrogens is 438 g/mol. The van der Waals surface area contributed by atoms with Gasteiger partial charge in [0.25, 0.3) is 0 Å². The maximum atomic E-state index is 11.9. The van der Waals surface area contributed by atoms with Crippen LogP contribution >= 0.6 is 0 Å². The lowest BCUT2D eigenvalue weighted by Crippen LogP contribution is -2.48. The van der Waals surface area contributed by atoms with E-state index in [-0.39, 0.29) is 51.4 Å². The molecule has 0 saturated heterocycles. The van der Waals surface area contributed by atoms with E-state index in [2.05, 4.69) is 9.98 Å². The Balaban J connectivity index is 5.20. The number of carbonyl (C=O) groups is 3. The fraction of sp³-hybridized carbons (Fsp3) is 0.750. The molecule has 0 aromatic rings. The Morgan fingerprint density at radius 2 is 0.970 bits per heavy atom. The van der Waals surface area contributed by atoms with E-state index < -0.39 is 49.3 Å². The van der Waals surface area contributed by atoms with E-state index in [1.807, 2.05) is 0 Å². The summed E-state index contributed by atoms with van der Waals surface area (Å²) in [5, 5.41) is 53.2. The zero-order valence-electron chi connectivity index (χ0n) is 19.6. The Morgan fingerprint density at radius 1 is 0.636 bits per heavy atom. The van der Waals surface area contributed by atoms with Crippen molar-refractivity contribution < 1.29 is 39.9 Å². The first kappa shape index (κ1) is 30.2. The molecule has 0 saturated carbocycles. The van der Waals surface area contributed by atoms with E-state index >= 15 is 0 Å². The molecule has 13 heteroatoms. The van der Waals surface area contributed by atoms with Crippen molar-refractivity contribution >= 4 is 29.7 Å². The zero-order valence-corrected chi connectivity index (χ0v) is 19.6. The Hall–Kier alpha value is -2.77. The molecule has 0 amide bonds. The standard InChI is InChI=1S/C20H37N5O8/c1-14(2)21-16(26)9-24(12-19(30)31)7-5-23(11-18(28)29)6-8-25(13-20(32)33)10-17(27)22-15(3)4/h14-15H,5-13H2,1-4H3,(H,21,26)(H,22,27)(H,28,29)(H,30,31)(H,32,33)/p-3. The third-order valence-electron chi connectivity index (χ3n) is 4.06. The first-order valence-electron chi connectivity index (χ1n) is 10.6. The van der Waals surface area contributed by atoms with Crippen LogP contribution in [0.3, 0.4) is 0 Å². The zero-order chi connectivity index (χ0) is 25.6. The molecule has 190 valence electrons. The van der Waals surface area contributed by atoms with Crippen LogP contribution in [0.25, 0.3) is 0 Å². The van der Waals surface area contributed by atoms with Gasteiger partial charge in [-0.05, 0) is 39.5 Å². The molecule has 13 nitrogen and oxygen atoms in total. The molecule has 0 heterocycles. The van der Waals surface area contributed by atoms with Gasteiger partial charge >= 0.3 is 11.9 Å². The number of nitrogens with zero attached hydrogens (tertiary/aromatic N) is 5. The number of hydrogen-bond acceptors (Lipinski definition) is 11. The highest BCUT2D eigenvalue weighted by Gasteiger charge is 2.15. The largest absolute Gasteiger partial charge is 0.861 e. The van der Waals surface area contributed by atoms with Gasteiger partial charge in [-0.2, -0.15) is 0 Å². The van der Waals surface area contributed by atoms with Crippen LogP contribution in [-0.4, -0.2) is 126 Å². The van der Waals surface area contributed by atoms with E-state index in [1.165, 1.54) is 14.7 Å². The molecule has 0 atom stereocenters. The predicted octanol–water partition coefficient (Wildman–Crippen LogP) is -3.85. The second kappa shape index (κ2) is 15.9. The minimum atomic E-state index is -1.37. The van der Waals surface area contributed by atoms with Gasteiger partial charge in [-0.3, -0.25) is 24.3 Å². The fourth-order valence-electron chi connectivity index (χ4n) is 2.87. The third kappa shape index (κ3) is 17.5. The number of carbonyl (C=O) groups excluding carboxylic acids is 1. The van der Waals surface area contributed by atoms with Gasteiger partial charge in [-0.25, -0.2) is 0 Å². The first-order valence-corrected chi connectivity index (χ1v) is 10.6. The highest BCUT2D eigenvalue weighted by molar-refractivity contribution is 5.76. The molecule has 0 aliphatic heterocycles. The van der Waals surface area contributed by atoms with Crippen LogP contribution in [0.5, 0.6) is 0 Å². The summed E-state index contributed by atoms with van der Waals surface area (Å²) in [4.78, 5) is 45.2. The number of aliphatic imine (C=N–C) groups is 2. The predicted molar refractivity (Wildman–Crippen MR) is 115 cm³/mol. The summed E-state index contributed by atoms with van der Waals surface area (Å²) in [7, 11) is 0. The molecule has 0 rings (SSSR count). The second-order valence-electron chi connectivity index (χ2n) is 8.09. The summed E-state index contributed by atoms with van der Waals surface area (Å²) in [5.41, 5.74) is 0. The Kier molecular flexibility index (Phi) is 14.6. The summed E-state index contributed by atoms with van der Waals surface area (Å²) >= 11 is 0. The molecule has 0 radical (unpaired) electrons. The molecule has 0 aromatic carbocycles. The monoisotopic (exact) mass is 472 g/mol. The third-order valence-corrected chi connectivity index (χ3v) is 4.06. The molecule has 0 fully saturated rings.